The van der Waals surface area contributed by atoms with Crippen LogP contribution in [0.1, 0.15) is 31.4 Å². The van der Waals surface area contributed by atoms with Gasteiger partial charge in [-0.05, 0) is 38.9 Å². The van der Waals surface area contributed by atoms with Gasteiger partial charge in [-0.1, -0.05) is 30.3 Å². The lowest BCUT2D eigenvalue weighted by molar-refractivity contribution is 0.0912. The van der Waals surface area contributed by atoms with Gasteiger partial charge in [0.2, 0.25) is 0 Å². The zero-order chi connectivity index (χ0) is 13.7. The molecule has 1 aromatic rings. The van der Waals surface area contributed by atoms with Crippen molar-refractivity contribution in [1.82, 2.24) is 9.80 Å². The molecule has 2 atom stereocenters. The maximum absolute atomic E-state index is 5.67. The zero-order valence-electron chi connectivity index (χ0n) is 12.3. The average Bonchev–Trinajstić information content (AvgIpc) is 2.48. The molecule has 0 amide bonds. The molecule has 19 heavy (non-hydrogen) atoms. The normalized spacial score (nSPS) is 22.6. The fourth-order valence-electron chi connectivity index (χ4n) is 3.02. The molecule has 0 spiro atoms. The number of nitrogens with zero attached hydrogens (tertiary/aromatic N) is 2. The number of likely N-dealkylation sites (N-methyl/N-ethyl adjacent to an activating group) is 1. The molecule has 0 bridgehead atoms. The van der Waals surface area contributed by atoms with Crippen molar-refractivity contribution >= 4 is 0 Å². The summed E-state index contributed by atoms with van der Waals surface area (Å²) in [6.45, 7) is 6.44. The van der Waals surface area contributed by atoms with Crippen LogP contribution in [0.5, 0.6) is 0 Å². The highest BCUT2D eigenvalue weighted by atomic mass is 15.2. The quantitative estimate of drug-likeness (QED) is 0.881. The summed E-state index contributed by atoms with van der Waals surface area (Å²) in [7, 11) is 2.20. The van der Waals surface area contributed by atoms with Crippen LogP contribution in [0.15, 0.2) is 30.3 Å². The molecule has 0 radical (unpaired) electrons. The van der Waals surface area contributed by atoms with Gasteiger partial charge < -0.3 is 10.6 Å². The molecule has 1 fully saturated rings. The number of hydrogen-bond donors (Lipinski definition) is 1. The highest BCUT2D eigenvalue weighted by Crippen LogP contribution is 2.25. The molecule has 1 heterocycles. The highest BCUT2D eigenvalue weighted by Gasteiger charge is 2.26. The molecule has 1 saturated heterocycles. The summed E-state index contributed by atoms with van der Waals surface area (Å²) in [5.74, 6) is 0. The molecular formula is C16H27N3. The number of piperidine rings is 1. The molecule has 106 valence electrons. The minimum atomic E-state index is 0.510. The molecule has 1 aromatic carbocycles. The first-order valence-corrected chi connectivity index (χ1v) is 7.41. The monoisotopic (exact) mass is 261 g/mol. The van der Waals surface area contributed by atoms with Gasteiger partial charge in [-0.25, -0.2) is 0 Å². The van der Waals surface area contributed by atoms with Crippen LogP contribution < -0.4 is 5.73 Å². The van der Waals surface area contributed by atoms with Gasteiger partial charge >= 0.3 is 0 Å². The second kappa shape index (κ2) is 7.04. The van der Waals surface area contributed by atoms with E-state index in [1.54, 1.807) is 0 Å². The number of likely N-dealkylation sites (tertiary alicyclic amines) is 1. The third-order valence-corrected chi connectivity index (χ3v) is 4.36. The second-order valence-corrected chi connectivity index (χ2v) is 5.65. The van der Waals surface area contributed by atoms with E-state index in [9.17, 15) is 0 Å². The molecule has 1 aliphatic rings. The molecule has 3 nitrogen and oxygen atoms in total. The molecular weight excluding hydrogens is 234 g/mol. The Morgan fingerprint density at radius 3 is 2.79 bits per heavy atom. The van der Waals surface area contributed by atoms with Gasteiger partial charge in [0.25, 0.3) is 0 Å². The first kappa shape index (κ1) is 14.5. The van der Waals surface area contributed by atoms with Crippen molar-refractivity contribution in [2.24, 2.45) is 5.73 Å². The Bertz CT molecular complexity index is 366. The lowest BCUT2D eigenvalue weighted by atomic mass is 9.99. The SMILES string of the molecule is CC(c1ccccc1)N1CCCC(N(C)CCN)C1. The summed E-state index contributed by atoms with van der Waals surface area (Å²) in [6.07, 6.45) is 2.59. The van der Waals surface area contributed by atoms with Crippen LogP contribution in [-0.2, 0) is 0 Å². The summed E-state index contributed by atoms with van der Waals surface area (Å²) in [5, 5.41) is 0. The first-order valence-electron chi connectivity index (χ1n) is 7.41. The smallest absolute Gasteiger partial charge is 0.0320 e. The molecule has 0 aromatic heterocycles. The largest absolute Gasteiger partial charge is 0.329 e. The summed E-state index contributed by atoms with van der Waals surface area (Å²) in [6, 6.07) is 12.0. The molecule has 0 saturated carbocycles. The summed E-state index contributed by atoms with van der Waals surface area (Å²) >= 11 is 0. The van der Waals surface area contributed by atoms with E-state index < -0.39 is 0 Å². The standard InChI is InChI=1S/C16H27N3/c1-14(15-7-4-3-5-8-15)19-11-6-9-16(13-19)18(2)12-10-17/h3-5,7-8,14,16H,6,9-13,17H2,1-2H3. The lowest BCUT2D eigenvalue weighted by Gasteiger charge is -2.40. The number of rotatable bonds is 5. The molecule has 2 N–H and O–H groups in total. The van der Waals surface area contributed by atoms with Gasteiger partial charge in [-0.15, -0.1) is 0 Å². The van der Waals surface area contributed by atoms with Gasteiger partial charge in [-0.2, -0.15) is 0 Å². The van der Waals surface area contributed by atoms with Crippen LogP contribution in [0.4, 0.5) is 0 Å². The van der Waals surface area contributed by atoms with E-state index >= 15 is 0 Å². The van der Waals surface area contributed by atoms with Crippen molar-refractivity contribution in [3.8, 4) is 0 Å². The van der Waals surface area contributed by atoms with Crippen molar-refractivity contribution in [2.45, 2.75) is 31.8 Å². The van der Waals surface area contributed by atoms with Crippen LogP contribution in [-0.4, -0.2) is 49.1 Å². The van der Waals surface area contributed by atoms with Crippen molar-refractivity contribution in [3.63, 3.8) is 0 Å². The fourth-order valence-corrected chi connectivity index (χ4v) is 3.02. The van der Waals surface area contributed by atoms with Gasteiger partial charge in [0.05, 0.1) is 0 Å². The Labute approximate surface area is 117 Å². The molecule has 0 aliphatic carbocycles. The number of hydrogen-bond acceptors (Lipinski definition) is 3. The van der Waals surface area contributed by atoms with E-state index in [2.05, 4.69) is 54.1 Å². The van der Waals surface area contributed by atoms with Crippen LogP contribution in [0.3, 0.4) is 0 Å². The average molecular weight is 261 g/mol. The lowest BCUT2D eigenvalue weighted by Crippen LogP contribution is -2.48. The fraction of sp³-hybridized carbons (Fsp3) is 0.625. The summed E-state index contributed by atoms with van der Waals surface area (Å²) in [5.41, 5.74) is 7.09. The summed E-state index contributed by atoms with van der Waals surface area (Å²) < 4.78 is 0. The van der Waals surface area contributed by atoms with Crippen molar-refractivity contribution in [1.29, 1.82) is 0 Å². The molecule has 1 aliphatic heterocycles. The second-order valence-electron chi connectivity index (χ2n) is 5.65. The van der Waals surface area contributed by atoms with Gasteiger partial charge in [0.1, 0.15) is 0 Å². The van der Waals surface area contributed by atoms with Crippen LogP contribution in [0, 0.1) is 0 Å². The molecule has 2 unspecified atom stereocenters. The van der Waals surface area contributed by atoms with E-state index in [1.807, 2.05) is 0 Å². The van der Waals surface area contributed by atoms with Crippen molar-refractivity contribution in [2.75, 3.05) is 33.2 Å². The Morgan fingerprint density at radius 1 is 1.37 bits per heavy atom. The van der Waals surface area contributed by atoms with E-state index in [-0.39, 0.29) is 0 Å². The van der Waals surface area contributed by atoms with Gasteiger partial charge in [-0.3, -0.25) is 4.90 Å². The molecule has 3 heteroatoms. The number of nitrogens with two attached hydrogens (primary N) is 1. The highest BCUT2D eigenvalue weighted by molar-refractivity contribution is 5.18. The van der Waals surface area contributed by atoms with Crippen molar-refractivity contribution < 1.29 is 0 Å². The van der Waals surface area contributed by atoms with E-state index in [0.29, 0.717) is 12.1 Å². The van der Waals surface area contributed by atoms with E-state index in [1.165, 1.54) is 24.9 Å². The Morgan fingerprint density at radius 2 is 2.11 bits per heavy atom. The van der Waals surface area contributed by atoms with E-state index in [4.69, 9.17) is 5.73 Å². The first-order chi connectivity index (χ1) is 9.22. The zero-order valence-corrected chi connectivity index (χ0v) is 12.3. The van der Waals surface area contributed by atoms with Crippen LogP contribution >= 0.6 is 0 Å². The van der Waals surface area contributed by atoms with Crippen LogP contribution in [0.2, 0.25) is 0 Å². The summed E-state index contributed by atoms with van der Waals surface area (Å²) in [4.78, 5) is 5.03. The maximum Gasteiger partial charge on any atom is 0.0320 e. The Kier molecular flexibility index (Phi) is 5.37. The Balaban J connectivity index is 1.97. The van der Waals surface area contributed by atoms with Gasteiger partial charge in [0, 0.05) is 31.7 Å². The topological polar surface area (TPSA) is 32.5 Å². The van der Waals surface area contributed by atoms with Gasteiger partial charge in [0.15, 0.2) is 0 Å². The Hall–Kier alpha value is -0.900. The predicted octanol–water partition coefficient (Wildman–Crippen LogP) is 2.10. The third-order valence-electron chi connectivity index (χ3n) is 4.36. The van der Waals surface area contributed by atoms with Crippen LogP contribution in [0.25, 0.3) is 0 Å². The predicted molar refractivity (Wildman–Crippen MR) is 81.1 cm³/mol. The van der Waals surface area contributed by atoms with Crippen molar-refractivity contribution in [3.05, 3.63) is 35.9 Å². The van der Waals surface area contributed by atoms with E-state index in [0.717, 1.165) is 19.6 Å². The minimum absolute atomic E-state index is 0.510. The third kappa shape index (κ3) is 3.78. The minimum Gasteiger partial charge on any atom is -0.329 e. The molecule has 2 rings (SSSR count). The number of benzene rings is 1. The maximum atomic E-state index is 5.67.